The smallest absolute Gasteiger partial charge is 0.250 e. The molecular weight excluding hydrogens is 408 g/mol. The molecule has 162 valence electrons. The summed E-state index contributed by atoms with van der Waals surface area (Å²) in [5, 5.41) is 12.7. The fourth-order valence-corrected chi connectivity index (χ4v) is 3.62. The van der Waals surface area contributed by atoms with Crippen molar-refractivity contribution in [3.8, 4) is 28.5 Å². The SMILES string of the molecule is CC(C)c1ccc(/C=C/C(=O)Nc2oc(-c3ccccc3)c(-c3ccccc3)c2C#N)cc1. The highest BCUT2D eigenvalue weighted by molar-refractivity contribution is 6.03. The number of furan rings is 1. The summed E-state index contributed by atoms with van der Waals surface area (Å²) in [6.07, 6.45) is 3.18. The molecule has 0 saturated carbocycles. The first kappa shape index (κ1) is 21.9. The summed E-state index contributed by atoms with van der Waals surface area (Å²) in [6.45, 7) is 4.28. The van der Waals surface area contributed by atoms with E-state index < -0.39 is 0 Å². The highest BCUT2D eigenvalue weighted by Gasteiger charge is 2.23. The number of amides is 1. The third-order valence-electron chi connectivity index (χ3n) is 5.39. The Labute approximate surface area is 193 Å². The van der Waals surface area contributed by atoms with Gasteiger partial charge in [0.05, 0.1) is 0 Å². The number of anilines is 1. The third kappa shape index (κ3) is 4.94. The number of hydrogen-bond donors (Lipinski definition) is 1. The van der Waals surface area contributed by atoms with Crippen molar-refractivity contribution < 1.29 is 9.21 Å². The van der Waals surface area contributed by atoms with Gasteiger partial charge in [-0.2, -0.15) is 5.26 Å². The number of nitrogens with one attached hydrogen (secondary N) is 1. The minimum absolute atomic E-state index is 0.139. The van der Waals surface area contributed by atoms with E-state index in [4.69, 9.17) is 4.42 Å². The molecule has 1 N–H and O–H groups in total. The average Bonchev–Trinajstić information content (AvgIpc) is 3.22. The summed E-state index contributed by atoms with van der Waals surface area (Å²) in [7, 11) is 0. The van der Waals surface area contributed by atoms with E-state index in [2.05, 4.69) is 37.4 Å². The maximum absolute atomic E-state index is 12.7. The second kappa shape index (κ2) is 9.84. The summed E-state index contributed by atoms with van der Waals surface area (Å²) in [6, 6.07) is 29.4. The Morgan fingerprint density at radius 1 is 0.909 bits per heavy atom. The van der Waals surface area contributed by atoms with Crippen LogP contribution >= 0.6 is 0 Å². The summed E-state index contributed by atoms with van der Waals surface area (Å²) in [4.78, 5) is 12.7. The predicted molar refractivity (Wildman–Crippen MR) is 132 cm³/mol. The molecule has 0 atom stereocenters. The van der Waals surface area contributed by atoms with Gasteiger partial charge in [0.1, 0.15) is 17.4 Å². The van der Waals surface area contributed by atoms with Gasteiger partial charge in [0.15, 0.2) is 0 Å². The topological polar surface area (TPSA) is 66.0 Å². The van der Waals surface area contributed by atoms with Crippen LogP contribution in [0.4, 0.5) is 5.88 Å². The van der Waals surface area contributed by atoms with Gasteiger partial charge in [-0.3, -0.25) is 10.1 Å². The Kier molecular flexibility index (Phi) is 6.52. The zero-order valence-corrected chi connectivity index (χ0v) is 18.6. The van der Waals surface area contributed by atoms with Gasteiger partial charge in [-0.25, -0.2) is 0 Å². The van der Waals surface area contributed by atoms with Gasteiger partial charge in [-0.05, 0) is 28.7 Å². The normalized spacial score (nSPS) is 11.0. The standard InChI is InChI=1S/C29H24N2O2/c1-20(2)22-16-13-21(14-17-22)15-18-26(32)31-29-25(19-30)27(23-9-5-3-6-10-23)28(33-29)24-11-7-4-8-12-24/h3-18,20H,1-2H3,(H,31,32)/b18-15+. The molecule has 0 bridgehead atoms. The highest BCUT2D eigenvalue weighted by Crippen LogP contribution is 2.41. The molecule has 0 radical (unpaired) electrons. The largest absolute Gasteiger partial charge is 0.438 e. The number of carbonyl (C=O) groups excluding carboxylic acids is 1. The Morgan fingerprint density at radius 3 is 2.09 bits per heavy atom. The molecule has 4 heteroatoms. The minimum Gasteiger partial charge on any atom is -0.438 e. The van der Waals surface area contributed by atoms with E-state index in [9.17, 15) is 10.1 Å². The van der Waals surface area contributed by atoms with Crippen molar-refractivity contribution in [1.29, 1.82) is 5.26 Å². The fourth-order valence-electron chi connectivity index (χ4n) is 3.62. The maximum atomic E-state index is 12.7. The molecule has 0 aliphatic carbocycles. The molecule has 4 nitrogen and oxygen atoms in total. The monoisotopic (exact) mass is 432 g/mol. The number of nitrogens with zero attached hydrogens (tertiary/aromatic N) is 1. The number of hydrogen-bond acceptors (Lipinski definition) is 3. The third-order valence-corrected chi connectivity index (χ3v) is 5.39. The lowest BCUT2D eigenvalue weighted by Crippen LogP contribution is -2.08. The first-order valence-corrected chi connectivity index (χ1v) is 10.8. The van der Waals surface area contributed by atoms with E-state index in [0.29, 0.717) is 22.8 Å². The molecule has 0 aliphatic rings. The molecule has 3 aromatic carbocycles. The van der Waals surface area contributed by atoms with Crippen LogP contribution < -0.4 is 5.32 Å². The van der Waals surface area contributed by atoms with E-state index in [-0.39, 0.29) is 11.8 Å². The Hall–Kier alpha value is -4.36. The van der Waals surface area contributed by atoms with Crippen LogP contribution in [-0.2, 0) is 4.79 Å². The van der Waals surface area contributed by atoms with Crippen molar-refractivity contribution in [2.45, 2.75) is 19.8 Å². The van der Waals surface area contributed by atoms with Gasteiger partial charge in [0, 0.05) is 17.2 Å². The maximum Gasteiger partial charge on any atom is 0.250 e. The van der Waals surface area contributed by atoms with E-state index in [1.54, 1.807) is 6.08 Å². The van der Waals surface area contributed by atoms with Crippen LogP contribution in [-0.4, -0.2) is 5.91 Å². The Bertz CT molecular complexity index is 1310. The van der Waals surface area contributed by atoms with E-state index >= 15 is 0 Å². The molecule has 0 saturated heterocycles. The zero-order chi connectivity index (χ0) is 23.2. The lowest BCUT2D eigenvalue weighted by atomic mass is 9.98. The van der Waals surface area contributed by atoms with Crippen LogP contribution in [0, 0.1) is 11.3 Å². The molecule has 1 aromatic heterocycles. The van der Waals surface area contributed by atoms with Gasteiger partial charge in [0.25, 0.3) is 5.91 Å². The van der Waals surface area contributed by atoms with Crippen LogP contribution in [0.5, 0.6) is 0 Å². The quantitative estimate of drug-likeness (QED) is 0.326. The Balaban J connectivity index is 1.66. The van der Waals surface area contributed by atoms with Gasteiger partial charge in [-0.1, -0.05) is 98.8 Å². The number of benzene rings is 3. The first-order chi connectivity index (χ1) is 16.1. The van der Waals surface area contributed by atoms with Crippen molar-refractivity contribution in [2.24, 2.45) is 0 Å². The van der Waals surface area contributed by atoms with Crippen LogP contribution in [0.3, 0.4) is 0 Å². The van der Waals surface area contributed by atoms with Crippen molar-refractivity contribution in [3.63, 3.8) is 0 Å². The van der Waals surface area contributed by atoms with Crippen LogP contribution in [0.25, 0.3) is 28.5 Å². The predicted octanol–water partition coefficient (Wildman–Crippen LogP) is 7.26. The summed E-state index contributed by atoms with van der Waals surface area (Å²) in [5.74, 6) is 0.765. The van der Waals surface area contributed by atoms with E-state index in [0.717, 1.165) is 16.7 Å². The summed E-state index contributed by atoms with van der Waals surface area (Å²) >= 11 is 0. The van der Waals surface area contributed by atoms with E-state index in [1.165, 1.54) is 11.6 Å². The number of rotatable bonds is 6. The molecule has 4 rings (SSSR count). The minimum atomic E-state index is -0.368. The fraction of sp³-hybridized carbons (Fsp3) is 0.103. The molecule has 0 fully saturated rings. The first-order valence-electron chi connectivity index (χ1n) is 10.8. The van der Waals surface area contributed by atoms with Crippen molar-refractivity contribution >= 4 is 17.9 Å². The average molecular weight is 433 g/mol. The van der Waals surface area contributed by atoms with Crippen molar-refractivity contribution in [1.82, 2.24) is 0 Å². The van der Waals surface area contributed by atoms with Crippen molar-refractivity contribution in [2.75, 3.05) is 5.32 Å². The van der Waals surface area contributed by atoms with Gasteiger partial charge in [-0.15, -0.1) is 0 Å². The van der Waals surface area contributed by atoms with Gasteiger partial charge >= 0.3 is 0 Å². The molecule has 0 aliphatic heterocycles. The van der Waals surface area contributed by atoms with Crippen LogP contribution in [0.15, 0.2) is 95.4 Å². The molecule has 1 heterocycles. The second-order valence-electron chi connectivity index (χ2n) is 8.00. The molecule has 0 unspecified atom stereocenters. The lowest BCUT2D eigenvalue weighted by Gasteiger charge is -2.04. The Morgan fingerprint density at radius 2 is 1.52 bits per heavy atom. The van der Waals surface area contributed by atoms with Gasteiger partial charge < -0.3 is 4.42 Å². The lowest BCUT2D eigenvalue weighted by molar-refractivity contribution is -0.111. The van der Waals surface area contributed by atoms with Crippen LogP contribution in [0.1, 0.15) is 36.5 Å². The molecular formula is C29H24N2O2. The number of nitriles is 1. The molecule has 0 spiro atoms. The van der Waals surface area contributed by atoms with Crippen LogP contribution in [0.2, 0.25) is 0 Å². The second-order valence-corrected chi connectivity index (χ2v) is 8.00. The van der Waals surface area contributed by atoms with Gasteiger partial charge in [0.2, 0.25) is 5.88 Å². The van der Waals surface area contributed by atoms with E-state index in [1.807, 2.05) is 72.8 Å². The number of carbonyl (C=O) groups is 1. The molecule has 1 amide bonds. The summed E-state index contributed by atoms with van der Waals surface area (Å²) < 4.78 is 6.05. The molecule has 4 aromatic rings. The molecule has 33 heavy (non-hydrogen) atoms. The zero-order valence-electron chi connectivity index (χ0n) is 18.6. The summed E-state index contributed by atoms with van der Waals surface area (Å²) in [5.41, 5.74) is 4.79. The highest BCUT2D eigenvalue weighted by atomic mass is 16.4. The van der Waals surface area contributed by atoms with Crippen molar-refractivity contribution in [3.05, 3.63) is 108 Å².